The van der Waals surface area contributed by atoms with Gasteiger partial charge in [-0.15, -0.1) is 11.8 Å². The van der Waals surface area contributed by atoms with Crippen LogP contribution in [-0.2, 0) is 13.0 Å². The fraction of sp³-hybridized carbons (Fsp3) is 0.176. The fourth-order valence-electron chi connectivity index (χ4n) is 2.89. The third-order valence-electron chi connectivity index (χ3n) is 3.85. The maximum absolute atomic E-state index is 13.4. The number of benzene rings is 2. The molecule has 1 unspecified atom stereocenters. The summed E-state index contributed by atoms with van der Waals surface area (Å²) in [6.45, 7) is 0.923. The van der Waals surface area contributed by atoms with Crippen molar-refractivity contribution < 1.29 is 4.39 Å². The van der Waals surface area contributed by atoms with E-state index in [1.807, 2.05) is 17.8 Å². The second kappa shape index (κ2) is 4.67. The highest BCUT2D eigenvalue weighted by molar-refractivity contribution is 8.00. The Kier molecular flexibility index (Phi) is 2.81. The van der Waals surface area contributed by atoms with Crippen LogP contribution >= 0.6 is 11.8 Å². The van der Waals surface area contributed by atoms with Crippen LogP contribution in [0.3, 0.4) is 0 Å². The lowest BCUT2D eigenvalue weighted by Crippen LogP contribution is -2.11. The van der Waals surface area contributed by atoms with E-state index in [0.29, 0.717) is 5.25 Å². The molecule has 20 heavy (non-hydrogen) atoms. The average Bonchev–Trinajstić information content (AvgIpc) is 3.03. The lowest BCUT2D eigenvalue weighted by Gasteiger charge is -2.11. The molecule has 100 valence electrons. The first-order chi connectivity index (χ1) is 9.79. The summed E-state index contributed by atoms with van der Waals surface area (Å²) in [5, 5.41) is 1.64. The van der Waals surface area contributed by atoms with Crippen molar-refractivity contribution in [3.05, 3.63) is 66.1 Å². The van der Waals surface area contributed by atoms with Gasteiger partial charge in [0.05, 0.1) is 5.52 Å². The molecule has 3 aromatic rings. The molecule has 0 aliphatic carbocycles. The molecule has 0 N–H and O–H groups in total. The Morgan fingerprint density at radius 1 is 1.15 bits per heavy atom. The highest BCUT2D eigenvalue weighted by atomic mass is 32.2. The molecule has 1 aromatic heterocycles. The molecule has 4 rings (SSSR count). The molecule has 1 aliphatic rings. The Morgan fingerprint density at radius 2 is 2.05 bits per heavy atom. The van der Waals surface area contributed by atoms with Crippen LogP contribution in [0.25, 0.3) is 10.9 Å². The minimum Gasteiger partial charge on any atom is -0.346 e. The second-order valence-electron chi connectivity index (χ2n) is 5.22. The number of nitrogens with zero attached hydrogens (tertiary/aromatic N) is 1. The maximum atomic E-state index is 13.4. The van der Waals surface area contributed by atoms with Crippen LogP contribution in [0.1, 0.15) is 5.56 Å². The SMILES string of the molecule is Fc1ccc2ccn(CC3Cc4ccccc4S3)c2c1. The normalized spacial score (nSPS) is 17.6. The Morgan fingerprint density at radius 3 is 2.95 bits per heavy atom. The summed E-state index contributed by atoms with van der Waals surface area (Å²) in [7, 11) is 0. The molecule has 0 bridgehead atoms. The van der Waals surface area contributed by atoms with Crippen LogP contribution in [0.2, 0.25) is 0 Å². The smallest absolute Gasteiger partial charge is 0.125 e. The van der Waals surface area contributed by atoms with Gasteiger partial charge in [-0.1, -0.05) is 18.2 Å². The van der Waals surface area contributed by atoms with E-state index in [1.54, 1.807) is 6.07 Å². The highest BCUT2D eigenvalue weighted by Gasteiger charge is 2.22. The zero-order chi connectivity index (χ0) is 13.5. The van der Waals surface area contributed by atoms with Crippen molar-refractivity contribution in [1.82, 2.24) is 4.57 Å². The third kappa shape index (κ3) is 2.02. The summed E-state index contributed by atoms with van der Waals surface area (Å²) in [4.78, 5) is 1.39. The summed E-state index contributed by atoms with van der Waals surface area (Å²) < 4.78 is 15.6. The summed E-state index contributed by atoms with van der Waals surface area (Å²) in [6, 6.07) is 15.6. The predicted octanol–water partition coefficient (Wildman–Crippen LogP) is 4.50. The molecule has 0 spiro atoms. The quantitative estimate of drug-likeness (QED) is 0.670. The van der Waals surface area contributed by atoms with E-state index in [1.165, 1.54) is 16.5 Å². The lowest BCUT2D eigenvalue weighted by atomic mass is 10.1. The van der Waals surface area contributed by atoms with E-state index >= 15 is 0 Å². The number of aromatic nitrogens is 1. The predicted molar refractivity (Wildman–Crippen MR) is 81.7 cm³/mol. The molecule has 0 amide bonds. The van der Waals surface area contributed by atoms with Gasteiger partial charge in [0.1, 0.15) is 5.82 Å². The molecular weight excluding hydrogens is 269 g/mol. The standard InChI is InChI=1S/C17H14FNS/c18-14-6-5-12-7-8-19(16(12)10-14)11-15-9-13-3-1-2-4-17(13)20-15/h1-8,10,15H,9,11H2. The third-order valence-corrected chi connectivity index (χ3v) is 5.15. The Hall–Kier alpha value is -1.74. The zero-order valence-electron chi connectivity index (χ0n) is 10.9. The van der Waals surface area contributed by atoms with Gasteiger partial charge >= 0.3 is 0 Å². The minimum absolute atomic E-state index is 0.167. The van der Waals surface area contributed by atoms with Gasteiger partial charge in [0.15, 0.2) is 0 Å². The number of fused-ring (bicyclic) bond motifs is 2. The van der Waals surface area contributed by atoms with Crippen molar-refractivity contribution in [2.75, 3.05) is 0 Å². The van der Waals surface area contributed by atoms with Crippen LogP contribution < -0.4 is 0 Å². The van der Waals surface area contributed by atoms with Crippen LogP contribution in [0.15, 0.2) is 59.6 Å². The van der Waals surface area contributed by atoms with Gasteiger partial charge in [0.2, 0.25) is 0 Å². The van der Waals surface area contributed by atoms with E-state index < -0.39 is 0 Å². The minimum atomic E-state index is -0.167. The Balaban J connectivity index is 1.62. The lowest BCUT2D eigenvalue weighted by molar-refractivity contribution is 0.626. The number of halogens is 1. The van der Waals surface area contributed by atoms with Gasteiger partial charge in [-0.25, -0.2) is 4.39 Å². The van der Waals surface area contributed by atoms with Crippen molar-refractivity contribution in [2.45, 2.75) is 23.1 Å². The molecular formula is C17H14FNS. The first-order valence-electron chi connectivity index (χ1n) is 6.78. The van der Waals surface area contributed by atoms with Gasteiger partial charge in [-0.05, 0) is 47.7 Å². The molecule has 0 radical (unpaired) electrons. The molecule has 0 fully saturated rings. The summed E-state index contributed by atoms with van der Waals surface area (Å²) in [5.41, 5.74) is 2.42. The first kappa shape index (κ1) is 12.0. The monoisotopic (exact) mass is 283 g/mol. The molecule has 1 aliphatic heterocycles. The van der Waals surface area contributed by atoms with Crippen LogP contribution in [0, 0.1) is 5.82 Å². The van der Waals surface area contributed by atoms with E-state index in [4.69, 9.17) is 0 Å². The Bertz CT molecular complexity index is 753. The molecule has 2 aromatic carbocycles. The van der Waals surface area contributed by atoms with Crippen molar-refractivity contribution in [1.29, 1.82) is 0 Å². The van der Waals surface area contributed by atoms with Crippen LogP contribution in [0.5, 0.6) is 0 Å². The highest BCUT2D eigenvalue weighted by Crippen LogP contribution is 2.37. The maximum Gasteiger partial charge on any atom is 0.125 e. The van der Waals surface area contributed by atoms with Crippen LogP contribution in [-0.4, -0.2) is 9.82 Å². The van der Waals surface area contributed by atoms with E-state index in [9.17, 15) is 4.39 Å². The Labute approximate surface area is 121 Å². The fourth-order valence-corrected chi connectivity index (χ4v) is 4.21. The largest absolute Gasteiger partial charge is 0.346 e. The number of hydrogen-bond donors (Lipinski definition) is 0. The molecule has 2 heterocycles. The van der Waals surface area contributed by atoms with Gasteiger partial charge in [0.25, 0.3) is 0 Å². The van der Waals surface area contributed by atoms with Crippen molar-refractivity contribution in [3.8, 4) is 0 Å². The molecule has 1 atom stereocenters. The average molecular weight is 283 g/mol. The zero-order valence-corrected chi connectivity index (χ0v) is 11.7. The molecule has 0 saturated heterocycles. The van der Waals surface area contributed by atoms with E-state index in [2.05, 4.69) is 41.1 Å². The van der Waals surface area contributed by atoms with Crippen molar-refractivity contribution in [2.24, 2.45) is 0 Å². The molecule has 0 saturated carbocycles. The number of hydrogen-bond acceptors (Lipinski definition) is 1. The van der Waals surface area contributed by atoms with Gasteiger partial charge in [0, 0.05) is 22.9 Å². The summed E-state index contributed by atoms with van der Waals surface area (Å²) in [5.74, 6) is -0.167. The molecule has 1 nitrogen and oxygen atoms in total. The second-order valence-corrected chi connectivity index (χ2v) is 6.57. The van der Waals surface area contributed by atoms with Gasteiger partial charge in [-0.3, -0.25) is 0 Å². The van der Waals surface area contributed by atoms with Gasteiger partial charge < -0.3 is 4.57 Å². The topological polar surface area (TPSA) is 4.93 Å². The first-order valence-corrected chi connectivity index (χ1v) is 7.66. The number of thioether (sulfide) groups is 1. The van der Waals surface area contributed by atoms with Crippen LogP contribution in [0.4, 0.5) is 4.39 Å². The summed E-state index contributed by atoms with van der Waals surface area (Å²) >= 11 is 1.93. The van der Waals surface area contributed by atoms with E-state index in [0.717, 1.165) is 23.9 Å². The number of rotatable bonds is 2. The van der Waals surface area contributed by atoms with Crippen molar-refractivity contribution >= 4 is 22.7 Å². The summed E-state index contributed by atoms with van der Waals surface area (Å²) in [6.07, 6.45) is 3.16. The van der Waals surface area contributed by atoms with Gasteiger partial charge in [-0.2, -0.15) is 0 Å². The molecule has 3 heteroatoms. The van der Waals surface area contributed by atoms with E-state index in [-0.39, 0.29) is 5.82 Å². The van der Waals surface area contributed by atoms with Crippen molar-refractivity contribution in [3.63, 3.8) is 0 Å².